The van der Waals surface area contributed by atoms with Crippen molar-refractivity contribution in [3.05, 3.63) is 58.6 Å². The third-order valence-corrected chi connectivity index (χ3v) is 3.74. The molecule has 0 heterocycles. The number of para-hydroxylation sites is 1. The van der Waals surface area contributed by atoms with Gasteiger partial charge in [0.15, 0.2) is 18.1 Å². The molecule has 2 aromatic carbocycles. The lowest BCUT2D eigenvalue weighted by Gasteiger charge is -2.14. The fraction of sp³-hybridized carbons (Fsp3) is 0.158. The van der Waals surface area contributed by atoms with E-state index >= 15 is 0 Å². The van der Waals surface area contributed by atoms with Crippen molar-refractivity contribution in [2.24, 2.45) is 0 Å². The van der Waals surface area contributed by atoms with Crippen LogP contribution in [0.5, 0.6) is 11.5 Å². The Bertz CT molecular complexity index is 805. The van der Waals surface area contributed by atoms with E-state index in [9.17, 15) is 9.59 Å². The van der Waals surface area contributed by atoms with Crippen LogP contribution in [-0.4, -0.2) is 30.2 Å². The molecule has 0 aliphatic rings. The molecule has 0 aromatic heterocycles. The number of hydrogen-bond acceptors (Lipinski definition) is 4. The van der Waals surface area contributed by atoms with Crippen molar-refractivity contribution < 1.29 is 24.2 Å². The number of carbonyl (C=O) groups is 2. The van der Waals surface area contributed by atoms with E-state index in [1.54, 1.807) is 24.3 Å². The molecule has 136 valence electrons. The Morgan fingerprint density at radius 3 is 2.58 bits per heavy atom. The zero-order valence-corrected chi connectivity index (χ0v) is 15.7. The molecule has 7 heteroatoms. The summed E-state index contributed by atoms with van der Waals surface area (Å²) in [5.74, 6) is -0.556. The van der Waals surface area contributed by atoms with Gasteiger partial charge in [-0.1, -0.05) is 18.2 Å². The van der Waals surface area contributed by atoms with Gasteiger partial charge in [-0.3, -0.25) is 4.79 Å². The molecule has 2 aromatic rings. The summed E-state index contributed by atoms with van der Waals surface area (Å²) in [6.45, 7) is 2.02. The van der Waals surface area contributed by atoms with E-state index in [4.69, 9.17) is 14.6 Å². The van der Waals surface area contributed by atoms with Gasteiger partial charge in [-0.25, -0.2) is 4.79 Å². The number of hydrogen-bond donors (Lipinski definition) is 2. The standard InChI is InChI=1S/C19H18BrNO5/c1-2-25-16-11-13(8-9-18(23)24)10-15(20)19(16)26-12-17(22)21-14-6-4-3-5-7-14/h3-11H,2,12H2,1H3,(H,21,22)(H,23,24). The van der Waals surface area contributed by atoms with Crippen LogP contribution < -0.4 is 14.8 Å². The first kappa shape index (κ1) is 19.5. The van der Waals surface area contributed by atoms with Gasteiger partial charge in [0.1, 0.15) is 0 Å². The van der Waals surface area contributed by atoms with Crippen LogP contribution in [0, 0.1) is 0 Å². The molecule has 0 bridgehead atoms. The minimum absolute atomic E-state index is 0.197. The Labute approximate surface area is 159 Å². The van der Waals surface area contributed by atoms with E-state index in [2.05, 4.69) is 21.2 Å². The minimum atomic E-state index is -1.04. The quantitative estimate of drug-likeness (QED) is 0.632. The number of carboxylic acids is 1. The molecule has 6 nitrogen and oxygen atoms in total. The molecule has 0 unspecified atom stereocenters. The largest absolute Gasteiger partial charge is 0.490 e. The van der Waals surface area contributed by atoms with Gasteiger partial charge in [0.25, 0.3) is 5.91 Å². The highest BCUT2D eigenvalue weighted by atomic mass is 79.9. The van der Waals surface area contributed by atoms with Crippen LogP contribution in [0.4, 0.5) is 5.69 Å². The fourth-order valence-electron chi connectivity index (χ4n) is 2.11. The minimum Gasteiger partial charge on any atom is -0.490 e. The van der Waals surface area contributed by atoms with Crippen molar-refractivity contribution in [3.8, 4) is 11.5 Å². The van der Waals surface area contributed by atoms with Crippen molar-refractivity contribution in [2.45, 2.75) is 6.92 Å². The number of benzene rings is 2. The van der Waals surface area contributed by atoms with E-state index in [0.717, 1.165) is 6.08 Å². The molecule has 0 aliphatic heterocycles. The van der Waals surface area contributed by atoms with Gasteiger partial charge in [0.05, 0.1) is 11.1 Å². The summed E-state index contributed by atoms with van der Waals surface area (Å²) < 4.78 is 11.7. The van der Waals surface area contributed by atoms with E-state index in [1.165, 1.54) is 6.08 Å². The molecule has 0 aliphatic carbocycles. The molecule has 0 fully saturated rings. The SMILES string of the molecule is CCOc1cc(C=CC(=O)O)cc(Br)c1OCC(=O)Nc1ccccc1. The lowest BCUT2D eigenvalue weighted by molar-refractivity contribution is -0.131. The fourth-order valence-corrected chi connectivity index (χ4v) is 2.69. The zero-order chi connectivity index (χ0) is 18.9. The van der Waals surface area contributed by atoms with Gasteiger partial charge in [0, 0.05) is 11.8 Å². The van der Waals surface area contributed by atoms with E-state index < -0.39 is 5.97 Å². The van der Waals surface area contributed by atoms with Crippen molar-refractivity contribution in [1.29, 1.82) is 0 Å². The Hall–Kier alpha value is -2.80. The lowest BCUT2D eigenvalue weighted by Crippen LogP contribution is -2.20. The van der Waals surface area contributed by atoms with Gasteiger partial charge >= 0.3 is 5.97 Å². The Kier molecular flexibility index (Phi) is 7.23. The summed E-state index contributed by atoms with van der Waals surface area (Å²) in [5, 5.41) is 11.5. The monoisotopic (exact) mass is 419 g/mol. The Morgan fingerprint density at radius 1 is 1.19 bits per heavy atom. The number of rotatable bonds is 8. The molecule has 0 saturated heterocycles. The summed E-state index contributed by atoms with van der Waals surface area (Å²) in [4.78, 5) is 22.7. The van der Waals surface area contributed by atoms with E-state index in [0.29, 0.717) is 33.8 Å². The van der Waals surface area contributed by atoms with Gasteiger partial charge in [-0.05, 0) is 58.8 Å². The number of ether oxygens (including phenoxy) is 2. The summed E-state index contributed by atoms with van der Waals surface area (Å²) in [6, 6.07) is 12.4. The maximum atomic E-state index is 12.0. The number of aliphatic carboxylic acids is 1. The first-order valence-corrected chi connectivity index (χ1v) is 8.64. The maximum Gasteiger partial charge on any atom is 0.328 e. The summed E-state index contributed by atoms with van der Waals surface area (Å²) in [7, 11) is 0. The van der Waals surface area contributed by atoms with Crippen LogP contribution in [0.1, 0.15) is 12.5 Å². The molecular weight excluding hydrogens is 402 g/mol. The number of carboxylic acid groups (broad SMARTS) is 1. The van der Waals surface area contributed by atoms with Crippen LogP contribution in [0.25, 0.3) is 6.08 Å². The number of halogens is 1. The van der Waals surface area contributed by atoms with Crippen molar-refractivity contribution >= 4 is 39.6 Å². The average Bonchev–Trinajstić information content (AvgIpc) is 2.60. The Balaban J connectivity index is 2.11. The van der Waals surface area contributed by atoms with Crippen LogP contribution >= 0.6 is 15.9 Å². The van der Waals surface area contributed by atoms with Crippen molar-refractivity contribution in [3.63, 3.8) is 0 Å². The predicted molar refractivity (Wildman–Crippen MR) is 103 cm³/mol. The molecule has 0 spiro atoms. The smallest absolute Gasteiger partial charge is 0.328 e. The van der Waals surface area contributed by atoms with Crippen molar-refractivity contribution in [2.75, 3.05) is 18.5 Å². The first-order valence-electron chi connectivity index (χ1n) is 7.84. The molecule has 2 rings (SSSR count). The molecule has 1 amide bonds. The van der Waals surface area contributed by atoms with E-state index in [1.807, 2.05) is 25.1 Å². The molecule has 0 saturated carbocycles. The third kappa shape index (κ3) is 5.93. The second-order valence-corrected chi connectivity index (χ2v) is 5.99. The predicted octanol–water partition coefficient (Wildman–Crippen LogP) is 3.96. The molecule has 0 atom stereocenters. The molecule has 0 radical (unpaired) electrons. The number of carbonyl (C=O) groups excluding carboxylic acids is 1. The van der Waals surface area contributed by atoms with Crippen LogP contribution in [-0.2, 0) is 9.59 Å². The maximum absolute atomic E-state index is 12.0. The van der Waals surface area contributed by atoms with Gasteiger partial charge < -0.3 is 19.9 Å². The Morgan fingerprint density at radius 2 is 1.92 bits per heavy atom. The number of amides is 1. The molecule has 2 N–H and O–H groups in total. The second-order valence-electron chi connectivity index (χ2n) is 5.14. The average molecular weight is 420 g/mol. The molecule has 26 heavy (non-hydrogen) atoms. The zero-order valence-electron chi connectivity index (χ0n) is 14.1. The van der Waals surface area contributed by atoms with Gasteiger partial charge in [-0.15, -0.1) is 0 Å². The summed E-state index contributed by atoms with van der Waals surface area (Å²) >= 11 is 3.37. The number of anilines is 1. The second kappa shape index (κ2) is 9.62. The normalized spacial score (nSPS) is 10.5. The highest BCUT2D eigenvalue weighted by Gasteiger charge is 2.14. The van der Waals surface area contributed by atoms with Crippen LogP contribution in [0.2, 0.25) is 0 Å². The summed E-state index contributed by atoms with van der Waals surface area (Å²) in [5.41, 5.74) is 1.31. The van der Waals surface area contributed by atoms with Crippen molar-refractivity contribution in [1.82, 2.24) is 0 Å². The van der Waals surface area contributed by atoms with E-state index in [-0.39, 0.29) is 12.5 Å². The third-order valence-electron chi connectivity index (χ3n) is 3.16. The molecular formula is C19H18BrNO5. The van der Waals surface area contributed by atoms with Gasteiger partial charge in [0.2, 0.25) is 0 Å². The summed E-state index contributed by atoms with van der Waals surface area (Å²) in [6.07, 6.45) is 2.48. The highest BCUT2D eigenvalue weighted by Crippen LogP contribution is 2.37. The topological polar surface area (TPSA) is 84.9 Å². The van der Waals surface area contributed by atoms with Gasteiger partial charge in [-0.2, -0.15) is 0 Å². The van der Waals surface area contributed by atoms with Crippen LogP contribution in [0.3, 0.4) is 0 Å². The lowest BCUT2D eigenvalue weighted by atomic mass is 10.2. The first-order chi connectivity index (χ1) is 12.5. The highest BCUT2D eigenvalue weighted by molar-refractivity contribution is 9.10. The number of nitrogens with one attached hydrogen (secondary N) is 1. The van der Waals surface area contributed by atoms with Crippen LogP contribution in [0.15, 0.2) is 53.0 Å².